The Hall–Kier alpha value is -3.79. The Kier molecular flexibility index (Phi) is 5.86. The zero-order valence-corrected chi connectivity index (χ0v) is 19.4. The zero-order valence-electron chi connectivity index (χ0n) is 18.6. The van der Waals surface area contributed by atoms with E-state index in [1.54, 1.807) is 30.3 Å². The molecule has 9 nitrogen and oxygen atoms in total. The number of aromatic nitrogens is 1. The van der Waals surface area contributed by atoms with Gasteiger partial charge in [0.25, 0.3) is 10.0 Å². The molecule has 4 rings (SSSR count). The number of aryl methyl sites for hydroxylation is 1. The number of hydrogen-bond donors (Lipinski definition) is 1. The fraction of sp³-hybridized carbons (Fsp3) is 0.217. The summed E-state index contributed by atoms with van der Waals surface area (Å²) in [7, 11) is 0.425. The second-order valence-corrected chi connectivity index (χ2v) is 8.92. The molecule has 0 amide bonds. The van der Waals surface area contributed by atoms with E-state index < -0.39 is 10.0 Å². The van der Waals surface area contributed by atoms with Crippen molar-refractivity contribution in [1.29, 1.82) is 0 Å². The number of hydrogen-bond acceptors (Lipinski definition) is 7. The summed E-state index contributed by atoms with van der Waals surface area (Å²) in [5.74, 6) is 1.01. The molecule has 0 atom stereocenters. The molecule has 0 saturated carbocycles. The highest BCUT2D eigenvalue weighted by atomic mass is 32.2. The van der Waals surface area contributed by atoms with E-state index in [2.05, 4.69) is 14.5 Å². The maximum Gasteiger partial charge on any atom is 0.261 e. The van der Waals surface area contributed by atoms with E-state index in [4.69, 9.17) is 14.2 Å². The van der Waals surface area contributed by atoms with Gasteiger partial charge in [-0.05, 0) is 48.5 Å². The van der Waals surface area contributed by atoms with E-state index in [9.17, 15) is 13.3 Å². The van der Waals surface area contributed by atoms with Crippen molar-refractivity contribution in [1.82, 2.24) is 4.57 Å². The third-order valence-corrected chi connectivity index (χ3v) is 6.85. The number of methoxy groups -OCH3 is 3. The van der Waals surface area contributed by atoms with Gasteiger partial charge < -0.3 is 18.8 Å². The first-order valence-corrected chi connectivity index (χ1v) is 11.6. The number of ether oxygens (including phenoxy) is 3. The largest absolute Gasteiger partial charge is 0.493 e. The topological polar surface area (TPSA) is 108 Å². The summed E-state index contributed by atoms with van der Waals surface area (Å²) in [5, 5.41) is 4.48. The Balaban J connectivity index is 1.83. The molecule has 0 unspecified atom stereocenters. The van der Waals surface area contributed by atoms with Crippen LogP contribution in [0.1, 0.15) is 6.92 Å². The third-order valence-electron chi connectivity index (χ3n) is 5.47. The van der Waals surface area contributed by atoms with Gasteiger partial charge in [0.2, 0.25) is 5.75 Å². The molecule has 0 aliphatic carbocycles. The van der Waals surface area contributed by atoms with Crippen molar-refractivity contribution in [2.24, 2.45) is 5.18 Å². The number of nitroso groups, excluding NO2 is 1. The standard InChI is InChI=1S/C23H23N3O6S/c1-5-26-19-8-6-14(24-27)10-17(19)18-13-16(7-9-20(18)26)33(28,29)25-15-11-21(30-2)23(32-4)22(12-15)31-3/h6-13,25H,5H2,1-4H3. The Labute approximate surface area is 190 Å². The molecule has 0 bridgehead atoms. The van der Waals surface area contributed by atoms with Gasteiger partial charge in [-0.25, -0.2) is 8.42 Å². The SMILES string of the molecule is CCn1c2ccc(N=O)cc2c2cc(S(=O)(=O)Nc3cc(OC)c(OC)c(OC)c3)ccc21. The van der Waals surface area contributed by atoms with Crippen molar-refractivity contribution in [3.8, 4) is 17.2 Å². The first-order valence-electron chi connectivity index (χ1n) is 10.1. The molecule has 3 aromatic carbocycles. The minimum absolute atomic E-state index is 0.0726. The van der Waals surface area contributed by atoms with E-state index in [1.165, 1.54) is 33.5 Å². The zero-order chi connectivity index (χ0) is 23.8. The molecule has 10 heteroatoms. The number of benzene rings is 3. The fourth-order valence-corrected chi connectivity index (χ4v) is 5.06. The number of fused-ring (bicyclic) bond motifs is 3. The summed E-state index contributed by atoms with van der Waals surface area (Å²) in [4.78, 5) is 11.1. The molecule has 1 heterocycles. The van der Waals surface area contributed by atoms with Gasteiger partial charge >= 0.3 is 0 Å². The van der Waals surface area contributed by atoms with Crippen molar-refractivity contribution in [2.75, 3.05) is 26.1 Å². The van der Waals surface area contributed by atoms with Crippen molar-refractivity contribution >= 4 is 43.2 Å². The Bertz CT molecular complexity index is 1450. The predicted octanol–water partition coefficient (Wildman–Crippen LogP) is 5.04. The summed E-state index contributed by atoms with van der Waals surface area (Å²) in [6, 6.07) is 13.1. The molecule has 0 spiro atoms. The van der Waals surface area contributed by atoms with Gasteiger partial charge in [0.1, 0.15) is 5.69 Å². The van der Waals surface area contributed by atoms with Crippen LogP contribution in [0.15, 0.2) is 58.6 Å². The van der Waals surface area contributed by atoms with E-state index in [0.29, 0.717) is 29.2 Å². The molecule has 0 aliphatic rings. The lowest BCUT2D eigenvalue weighted by molar-refractivity contribution is 0.325. The fourth-order valence-electron chi connectivity index (χ4n) is 3.99. The second kappa shape index (κ2) is 8.62. The molecule has 0 saturated heterocycles. The Morgan fingerprint density at radius 2 is 1.48 bits per heavy atom. The van der Waals surface area contributed by atoms with Gasteiger partial charge in [-0.3, -0.25) is 4.72 Å². The maximum absolute atomic E-state index is 13.2. The van der Waals surface area contributed by atoms with Crippen LogP contribution in [0.5, 0.6) is 17.2 Å². The van der Waals surface area contributed by atoms with Gasteiger partial charge in [0, 0.05) is 40.5 Å². The highest BCUT2D eigenvalue weighted by Gasteiger charge is 2.20. The van der Waals surface area contributed by atoms with E-state index in [1.807, 2.05) is 13.0 Å². The Morgan fingerprint density at radius 1 is 0.879 bits per heavy atom. The first kappa shape index (κ1) is 22.4. The lowest BCUT2D eigenvalue weighted by atomic mass is 10.1. The van der Waals surface area contributed by atoms with Gasteiger partial charge in [0.05, 0.1) is 31.9 Å². The summed E-state index contributed by atoms with van der Waals surface area (Å²) in [6.07, 6.45) is 0. The predicted molar refractivity (Wildman–Crippen MR) is 127 cm³/mol. The van der Waals surface area contributed by atoms with Crippen LogP contribution in [0.3, 0.4) is 0 Å². The number of anilines is 1. The van der Waals surface area contributed by atoms with Gasteiger partial charge in [-0.15, -0.1) is 4.91 Å². The lowest BCUT2D eigenvalue weighted by Crippen LogP contribution is -2.13. The molecular formula is C23H23N3O6S. The number of nitrogens with zero attached hydrogens (tertiary/aromatic N) is 2. The number of rotatable bonds is 8. The first-order chi connectivity index (χ1) is 15.9. The van der Waals surface area contributed by atoms with Crippen molar-refractivity contribution in [3.05, 3.63) is 53.4 Å². The van der Waals surface area contributed by atoms with E-state index >= 15 is 0 Å². The smallest absolute Gasteiger partial charge is 0.261 e. The lowest BCUT2D eigenvalue weighted by Gasteiger charge is -2.15. The molecule has 0 fully saturated rings. The molecule has 0 radical (unpaired) electrons. The van der Waals surface area contributed by atoms with E-state index in [0.717, 1.165) is 16.4 Å². The van der Waals surface area contributed by atoms with Crippen molar-refractivity contribution in [3.63, 3.8) is 0 Å². The summed E-state index contributed by atoms with van der Waals surface area (Å²) in [6.45, 7) is 2.69. The molecule has 0 aliphatic heterocycles. The minimum atomic E-state index is -3.95. The van der Waals surface area contributed by atoms with Crippen molar-refractivity contribution in [2.45, 2.75) is 18.4 Å². The highest BCUT2D eigenvalue weighted by molar-refractivity contribution is 7.92. The monoisotopic (exact) mass is 469 g/mol. The van der Waals surface area contributed by atoms with Crippen LogP contribution in [0.4, 0.5) is 11.4 Å². The summed E-state index contributed by atoms with van der Waals surface area (Å²) < 4.78 is 47.0. The average Bonchev–Trinajstić information content (AvgIpc) is 3.15. The number of nitrogens with one attached hydrogen (secondary N) is 1. The van der Waals surface area contributed by atoms with Crippen LogP contribution >= 0.6 is 0 Å². The quantitative estimate of drug-likeness (QED) is 0.362. The maximum atomic E-state index is 13.2. The molecule has 33 heavy (non-hydrogen) atoms. The minimum Gasteiger partial charge on any atom is -0.493 e. The normalized spacial score (nSPS) is 11.5. The highest BCUT2D eigenvalue weighted by Crippen LogP contribution is 2.40. The molecule has 1 aromatic heterocycles. The van der Waals surface area contributed by atoms with Crippen LogP contribution < -0.4 is 18.9 Å². The average molecular weight is 470 g/mol. The molecular weight excluding hydrogens is 446 g/mol. The van der Waals surface area contributed by atoms with Gasteiger partial charge in [0.15, 0.2) is 11.5 Å². The van der Waals surface area contributed by atoms with Crippen LogP contribution in [0.2, 0.25) is 0 Å². The third kappa shape index (κ3) is 3.82. The van der Waals surface area contributed by atoms with Gasteiger partial charge in [-0.2, -0.15) is 0 Å². The van der Waals surface area contributed by atoms with Crippen LogP contribution in [-0.2, 0) is 16.6 Å². The Morgan fingerprint density at radius 3 is 2.03 bits per heavy atom. The summed E-state index contributed by atoms with van der Waals surface area (Å²) >= 11 is 0. The molecule has 4 aromatic rings. The van der Waals surface area contributed by atoms with Crippen LogP contribution in [0, 0.1) is 4.91 Å². The van der Waals surface area contributed by atoms with Crippen LogP contribution in [-0.4, -0.2) is 34.3 Å². The van der Waals surface area contributed by atoms with Gasteiger partial charge in [-0.1, -0.05) is 0 Å². The van der Waals surface area contributed by atoms with E-state index in [-0.39, 0.29) is 16.3 Å². The molecule has 1 N–H and O–H groups in total. The number of sulfonamides is 1. The second-order valence-electron chi connectivity index (χ2n) is 7.24. The van der Waals surface area contributed by atoms with Crippen molar-refractivity contribution < 1.29 is 22.6 Å². The van der Waals surface area contributed by atoms with Crippen LogP contribution in [0.25, 0.3) is 21.8 Å². The summed E-state index contributed by atoms with van der Waals surface area (Å²) in [5.41, 5.74) is 2.30. The molecule has 172 valence electrons.